The summed E-state index contributed by atoms with van der Waals surface area (Å²) >= 11 is 0. The van der Waals surface area contributed by atoms with E-state index in [4.69, 9.17) is 4.74 Å². The minimum Gasteiger partial charge on any atom is -0.377 e. The Balaban J connectivity index is 1.52. The van der Waals surface area contributed by atoms with Crippen LogP contribution in [0.1, 0.15) is 43.9 Å². The molecule has 24 heavy (non-hydrogen) atoms. The van der Waals surface area contributed by atoms with Crippen LogP contribution in [-0.4, -0.2) is 36.0 Å². The fraction of sp³-hybridized carbons (Fsp3) is 0.500. The molecule has 0 bridgehead atoms. The fourth-order valence-corrected chi connectivity index (χ4v) is 3.92. The molecule has 1 saturated carbocycles. The lowest BCUT2D eigenvalue weighted by Gasteiger charge is -2.37. The van der Waals surface area contributed by atoms with Gasteiger partial charge < -0.3 is 9.64 Å². The largest absolute Gasteiger partial charge is 0.377 e. The van der Waals surface area contributed by atoms with E-state index in [0.717, 1.165) is 36.7 Å². The molecule has 2 aromatic rings. The van der Waals surface area contributed by atoms with Gasteiger partial charge in [-0.1, -0.05) is 26.0 Å². The molecular weight excluding hydrogens is 298 g/mol. The molecule has 4 nitrogen and oxygen atoms in total. The first kappa shape index (κ1) is 14.4. The van der Waals surface area contributed by atoms with E-state index in [0.29, 0.717) is 12.0 Å². The average Bonchev–Trinajstić information content (AvgIpc) is 3.33. The number of rotatable bonds is 3. The van der Waals surface area contributed by atoms with Crippen LogP contribution < -0.4 is 4.90 Å². The Morgan fingerprint density at radius 2 is 1.92 bits per heavy atom. The molecule has 2 fully saturated rings. The summed E-state index contributed by atoms with van der Waals surface area (Å²) in [6, 6.07) is 11.6. The molecule has 0 amide bonds. The molecule has 4 heteroatoms. The second kappa shape index (κ2) is 5.03. The van der Waals surface area contributed by atoms with Crippen LogP contribution in [0.4, 0.5) is 5.69 Å². The van der Waals surface area contributed by atoms with E-state index < -0.39 is 0 Å². The summed E-state index contributed by atoms with van der Waals surface area (Å²) in [5.74, 6) is 0.654. The van der Waals surface area contributed by atoms with Gasteiger partial charge in [0.15, 0.2) is 0 Å². The Bertz CT molecular complexity index is 776. The third kappa shape index (κ3) is 2.24. The Morgan fingerprint density at radius 1 is 1.08 bits per heavy atom. The number of anilines is 1. The third-order valence-corrected chi connectivity index (χ3v) is 5.64. The van der Waals surface area contributed by atoms with Gasteiger partial charge in [0.05, 0.1) is 30.6 Å². The average molecular weight is 321 g/mol. The van der Waals surface area contributed by atoms with Gasteiger partial charge in [-0.15, -0.1) is 0 Å². The van der Waals surface area contributed by atoms with Crippen molar-refractivity contribution in [1.82, 2.24) is 10.2 Å². The predicted molar refractivity (Wildman–Crippen MR) is 94.4 cm³/mol. The Morgan fingerprint density at radius 3 is 2.54 bits per heavy atom. The quantitative estimate of drug-likeness (QED) is 0.867. The third-order valence-electron chi connectivity index (χ3n) is 5.64. The normalized spacial score (nSPS) is 22.3. The summed E-state index contributed by atoms with van der Waals surface area (Å²) < 4.78 is 5.42. The summed E-state index contributed by atoms with van der Waals surface area (Å²) in [4.78, 5) is 2.52. The molecule has 0 atom stereocenters. The first-order chi connectivity index (χ1) is 11.6. The van der Waals surface area contributed by atoms with Gasteiger partial charge in [0, 0.05) is 29.1 Å². The predicted octanol–water partition coefficient (Wildman–Crippen LogP) is 3.52. The Hall–Kier alpha value is -1.94. The van der Waals surface area contributed by atoms with Gasteiger partial charge in [0.1, 0.15) is 0 Å². The van der Waals surface area contributed by atoms with Gasteiger partial charge >= 0.3 is 0 Å². The topological polar surface area (TPSA) is 38.2 Å². The maximum atomic E-state index is 5.42. The summed E-state index contributed by atoms with van der Waals surface area (Å²) in [6.07, 6.45) is 2.53. The molecule has 0 spiro atoms. The number of benzene rings is 1. The van der Waals surface area contributed by atoms with Crippen LogP contribution in [-0.2, 0) is 10.2 Å². The van der Waals surface area contributed by atoms with Crippen molar-refractivity contribution in [2.45, 2.75) is 44.1 Å². The molecule has 1 saturated heterocycles. The van der Waals surface area contributed by atoms with Crippen molar-refractivity contribution < 1.29 is 4.74 Å². The number of ether oxygens (including phenoxy) is 1. The highest BCUT2D eigenvalue weighted by Crippen LogP contribution is 2.44. The molecule has 124 valence electrons. The molecule has 0 N–H and O–H groups in total. The highest BCUT2D eigenvalue weighted by Gasteiger charge is 2.40. The zero-order valence-corrected chi connectivity index (χ0v) is 14.3. The summed E-state index contributed by atoms with van der Waals surface area (Å²) in [6.45, 7) is 7.40. The van der Waals surface area contributed by atoms with Gasteiger partial charge in [-0.05, 0) is 36.6 Å². The van der Waals surface area contributed by atoms with Crippen molar-refractivity contribution in [3.05, 3.63) is 41.6 Å². The van der Waals surface area contributed by atoms with Crippen LogP contribution in [0.25, 0.3) is 11.3 Å². The van der Waals surface area contributed by atoms with Crippen molar-refractivity contribution in [1.29, 1.82) is 0 Å². The number of aromatic nitrogens is 2. The molecule has 5 rings (SSSR count). The fourth-order valence-electron chi connectivity index (χ4n) is 3.92. The summed E-state index contributed by atoms with van der Waals surface area (Å²) in [5, 5.41) is 8.92. The number of nitrogens with zero attached hydrogens (tertiary/aromatic N) is 3. The molecule has 0 unspecified atom stereocenters. The van der Waals surface area contributed by atoms with Crippen LogP contribution in [0, 0.1) is 0 Å². The minimum absolute atomic E-state index is 0.185. The zero-order chi connectivity index (χ0) is 16.3. The van der Waals surface area contributed by atoms with E-state index >= 15 is 0 Å². The lowest BCUT2D eigenvalue weighted by Crippen LogP contribution is -2.49. The zero-order valence-electron chi connectivity index (χ0n) is 14.3. The first-order valence-corrected chi connectivity index (χ1v) is 8.95. The molecule has 3 aliphatic rings. The van der Waals surface area contributed by atoms with E-state index in [-0.39, 0.29) is 5.41 Å². The van der Waals surface area contributed by atoms with E-state index in [1.807, 2.05) is 0 Å². The standard InChI is InChI=1S/C20H23N3O/c1-20(2)12-23(15-10-24-11-15)19-9-14(5-6-16(19)20)18-8-7-17(21-22-18)13-3-4-13/h5-9,13,15H,3-4,10-12H2,1-2H3. The molecule has 1 aliphatic carbocycles. The van der Waals surface area contributed by atoms with E-state index in [2.05, 4.69) is 59.3 Å². The van der Waals surface area contributed by atoms with Crippen molar-refractivity contribution in [3.63, 3.8) is 0 Å². The highest BCUT2D eigenvalue weighted by atomic mass is 16.5. The molecule has 0 radical (unpaired) electrons. The van der Waals surface area contributed by atoms with Crippen LogP contribution in [0.2, 0.25) is 0 Å². The number of hydrogen-bond acceptors (Lipinski definition) is 4. The van der Waals surface area contributed by atoms with Crippen LogP contribution in [0.15, 0.2) is 30.3 Å². The highest BCUT2D eigenvalue weighted by molar-refractivity contribution is 5.72. The minimum atomic E-state index is 0.185. The molecular formula is C20H23N3O. The van der Waals surface area contributed by atoms with Gasteiger partial charge in [0.2, 0.25) is 0 Å². The number of hydrogen-bond donors (Lipinski definition) is 0. The Kier molecular flexibility index (Phi) is 3.02. The molecule has 1 aromatic heterocycles. The first-order valence-electron chi connectivity index (χ1n) is 8.95. The van der Waals surface area contributed by atoms with Gasteiger partial charge in [-0.2, -0.15) is 10.2 Å². The maximum Gasteiger partial charge on any atom is 0.0930 e. The second-order valence-corrected chi connectivity index (χ2v) is 8.05. The van der Waals surface area contributed by atoms with Crippen molar-refractivity contribution in [2.75, 3.05) is 24.7 Å². The Labute approximate surface area is 142 Å². The maximum absolute atomic E-state index is 5.42. The lowest BCUT2D eigenvalue weighted by molar-refractivity contribution is 0.00800. The molecule has 3 heterocycles. The van der Waals surface area contributed by atoms with Crippen molar-refractivity contribution >= 4 is 5.69 Å². The van der Waals surface area contributed by atoms with E-state index in [1.54, 1.807) is 0 Å². The summed E-state index contributed by atoms with van der Waals surface area (Å²) in [7, 11) is 0. The molecule has 1 aromatic carbocycles. The smallest absolute Gasteiger partial charge is 0.0930 e. The monoisotopic (exact) mass is 321 g/mol. The van der Waals surface area contributed by atoms with Crippen molar-refractivity contribution in [2.24, 2.45) is 0 Å². The SMILES string of the molecule is CC1(C)CN(C2COC2)c2cc(-c3ccc(C4CC4)nn3)ccc21. The van der Waals surface area contributed by atoms with E-state index in [1.165, 1.54) is 24.1 Å². The van der Waals surface area contributed by atoms with E-state index in [9.17, 15) is 0 Å². The second-order valence-electron chi connectivity index (χ2n) is 8.05. The van der Waals surface area contributed by atoms with Crippen molar-refractivity contribution in [3.8, 4) is 11.3 Å². The van der Waals surface area contributed by atoms with Crippen LogP contribution in [0.5, 0.6) is 0 Å². The van der Waals surface area contributed by atoms with Gasteiger partial charge in [-0.25, -0.2) is 0 Å². The summed E-state index contributed by atoms with van der Waals surface area (Å²) in [5.41, 5.74) is 6.24. The number of fused-ring (bicyclic) bond motifs is 1. The lowest BCUT2D eigenvalue weighted by atomic mass is 9.86. The van der Waals surface area contributed by atoms with Crippen LogP contribution in [0.3, 0.4) is 0 Å². The van der Waals surface area contributed by atoms with Gasteiger partial charge in [0.25, 0.3) is 0 Å². The van der Waals surface area contributed by atoms with Gasteiger partial charge in [-0.3, -0.25) is 0 Å². The van der Waals surface area contributed by atoms with Crippen LogP contribution >= 0.6 is 0 Å². The molecule has 2 aliphatic heterocycles.